The highest BCUT2D eigenvalue weighted by Crippen LogP contribution is 2.41. The fraction of sp³-hybridized carbons (Fsp3) is 0.562. The summed E-state index contributed by atoms with van der Waals surface area (Å²) in [6.45, 7) is 3.63. The molecule has 2 heterocycles. The molecule has 1 saturated heterocycles. The van der Waals surface area contributed by atoms with E-state index in [1.807, 2.05) is 17.9 Å². The van der Waals surface area contributed by atoms with Crippen LogP contribution < -0.4 is 0 Å². The standard InChI is InChI=1S/C16H21NO2/c1-13-6-7-14(19-13)15(18)17-11-5-10-16(12-17)8-3-2-4-9-16/h2-3,6-7H,4-5,8-12H2,1H3. The molecule has 0 bridgehead atoms. The molecule has 1 atom stereocenters. The lowest BCUT2D eigenvalue weighted by Gasteiger charge is -2.43. The van der Waals surface area contributed by atoms with Crippen LogP contribution in [-0.4, -0.2) is 23.9 Å². The zero-order chi connectivity index (χ0) is 13.3. The Kier molecular flexibility index (Phi) is 3.21. The van der Waals surface area contributed by atoms with E-state index in [1.165, 1.54) is 12.8 Å². The van der Waals surface area contributed by atoms with Gasteiger partial charge in [0.25, 0.3) is 5.91 Å². The highest BCUT2D eigenvalue weighted by molar-refractivity contribution is 5.91. The number of aryl methyl sites for hydroxylation is 1. The number of nitrogens with zero attached hydrogens (tertiary/aromatic N) is 1. The van der Waals surface area contributed by atoms with Gasteiger partial charge in [0.05, 0.1) is 0 Å². The van der Waals surface area contributed by atoms with E-state index in [2.05, 4.69) is 12.2 Å². The molecule has 0 N–H and O–H groups in total. The summed E-state index contributed by atoms with van der Waals surface area (Å²) in [6, 6.07) is 3.65. The van der Waals surface area contributed by atoms with Crippen molar-refractivity contribution >= 4 is 5.91 Å². The SMILES string of the molecule is Cc1ccc(C(=O)N2CCCC3(CC=CCC3)C2)o1. The first-order valence-corrected chi connectivity index (χ1v) is 7.19. The molecule has 1 aromatic heterocycles. The van der Waals surface area contributed by atoms with E-state index in [4.69, 9.17) is 4.42 Å². The average molecular weight is 259 g/mol. The van der Waals surface area contributed by atoms with Gasteiger partial charge in [-0.05, 0) is 56.6 Å². The second kappa shape index (κ2) is 4.87. The lowest BCUT2D eigenvalue weighted by Crippen LogP contribution is -2.46. The number of allylic oxidation sites excluding steroid dienone is 2. The number of rotatable bonds is 1. The zero-order valence-corrected chi connectivity index (χ0v) is 11.5. The molecule has 1 amide bonds. The molecule has 19 heavy (non-hydrogen) atoms. The third-order valence-corrected chi connectivity index (χ3v) is 4.46. The number of carbonyl (C=O) groups excluding carboxylic acids is 1. The van der Waals surface area contributed by atoms with Crippen molar-refractivity contribution in [2.75, 3.05) is 13.1 Å². The van der Waals surface area contributed by atoms with Crippen LogP contribution in [0.2, 0.25) is 0 Å². The Labute approximate surface area is 114 Å². The van der Waals surface area contributed by atoms with Gasteiger partial charge in [-0.3, -0.25) is 4.79 Å². The van der Waals surface area contributed by atoms with Crippen molar-refractivity contribution in [3.63, 3.8) is 0 Å². The van der Waals surface area contributed by atoms with Crippen LogP contribution in [0.3, 0.4) is 0 Å². The van der Waals surface area contributed by atoms with Gasteiger partial charge in [0.1, 0.15) is 5.76 Å². The minimum atomic E-state index is 0.0572. The second-order valence-electron chi connectivity index (χ2n) is 5.95. The van der Waals surface area contributed by atoms with Crippen LogP contribution in [0.25, 0.3) is 0 Å². The van der Waals surface area contributed by atoms with E-state index in [0.29, 0.717) is 11.2 Å². The van der Waals surface area contributed by atoms with Crippen molar-refractivity contribution in [1.29, 1.82) is 0 Å². The van der Waals surface area contributed by atoms with Crippen molar-refractivity contribution in [3.05, 3.63) is 35.8 Å². The molecule has 0 saturated carbocycles. The average Bonchev–Trinajstić information content (AvgIpc) is 2.85. The van der Waals surface area contributed by atoms with Crippen molar-refractivity contribution in [3.8, 4) is 0 Å². The van der Waals surface area contributed by atoms with Gasteiger partial charge in [0.15, 0.2) is 5.76 Å². The van der Waals surface area contributed by atoms with Crippen molar-refractivity contribution in [1.82, 2.24) is 4.90 Å². The Hall–Kier alpha value is -1.51. The molecule has 1 fully saturated rings. The highest BCUT2D eigenvalue weighted by Gasteiger charge is 2.37. The van der Waals surface area contributed by atoms with Crippen molar-refractivity contribution in [2.24, 2.45) is 5.41 Å². The Bertz CT molecular complexity index is 503. The summed E-state index contributed by atoms with van der Waals surface area (Å²) < 4.78 is 5.47. The monoisotopic (exact) mass is 259 g/mol. The summed E-state index contributed by atoms with van der Waals surface area (Å²) in [5.74, 6) is 1.35. The first-order valence-electron chi connectivity index (χ1n) is 7.19. The maximum Gasteiger partial charge on any atom is 0.289 e. The fourth-order valence-corrected chi connectivity index (χ4v) is 3.40. The number of likely N-dealkylation sites (tertiary alicyclic amines) is 1. The third-order valence-electron chi connectivity index (χ3n) is 4.46. The molecule has 1 spiro atoms. The minimum Gasteiger partial charge on any atom is -0.456 e. The Morgan fingerprint density at radius 1 is 1.32 bits per heavy atom. The quantitative estimate of drug-likeness (QED) is 0.723. The summed E-state index contributed by atoms with van der Waals surface area (Å²) in [7, 11) is 0. The lowest BCUT2D eigenvalue weighted by molar-refractivity contribution is 0.0455. The normalized spacial score (nSPS) is 26.9. The summed E-state index contributed by atoms with van der Waals surface area (Å²) in [6.07, 6.45) is 10.4. The van der Waals surface area contributed by atoms with E-state index < -0.39 is 0 Å². The predicted molar refractivity (Wildman–Crippen MR) is 74.0 cm³/mol. The largest absolute Gasteiger partial charge is 0.456 e. The molecular formula is C16H21NO2. The van der Waals surface area contributed by atoms with Gasteiger partial charge in [0.2, 0.25) is 0 Å². The number of piperidine rings is 1. The van der Waals surface area contributed by atoms with E-state index in [0.717, 1.165) is 38.1 Å². The minimum absolute atomic E-state index is 0.0572. The Balaban J connectivity index is 1.74. The molecule has 102 valence electrons. The van der Waals surface area contributed by atoms with Crippen LogP contribution in [0.1, 0.15) is 48.4 Å². The molecule has 0 radical (unpaired) electrons. The van der Waals surface area contributed by atoms with Crippen LogP contribution >= 0.6 is 0 Å². The van der Waals surface area contributed by atoms with Gasteiger partial charge in [0, 0.05) is 13.1 Å². The van der Waals surface area contributed by atoms with E-state index in [-0.39, 0.29) is 5.91 Å². The van der Waals surface area contributed by atoms with Gasteiger partial charge in [-0.25, -0.2) is 0 Å². The van der Waals surface area contributed by atoms with E-state index >= 15 is 0 Å². The molecule has 1 aliphatic heterocycles. The van der Waals surface area contributed by atoms with Crippen LogP contribution in [0, 0.1) is 12.3 Å². The molecule has 1 aliphatic carbocycles. The Morgan fingerprint density at radius 2 is 2.21 bits per heavy atom. The fourth-order valence-electron chi connectivity index (χ4n) is 3.40. The lowest BCUT2D eigenvalue weighted by atomic mass is 9.71. The van der Waals surface area contributed by atoms with E-state index in [1.54, 1.807) is 6.07 Å². The van der Waals surface area contributed by atoms with Crippen LogP contribution in [0.4, 0.5) is 0 Å². The molecule has 2 aliphatic rings. The summed E-state index contributed by atoms with van der Waals surface area (Å²) in [4.78, 5) is 14.4. The van der Waals surface area contributed by atoms with Gasteiger partial charge in [-0.1, -0.05) is 12.2 Å². The molecule has 3 rings (SSSR count). The summed E-state index contributed by atoms with van der Waals surface area (Å²) in [5.41, 5.74) is 0.324. The molecule has 1 unspecified atom stereocenters. The van der Waals surface area contributed by atoms with Crippen LogP contribution in [0.15, 0.2) is 28.7 Å². The summed E-state index contributed by atoms with van der Waals surface area (Å²) >= 11 is 0. The second-order valence-corrected chi connectivity index (χ2v) is 5.95. The van der Waals surface area contributed by atoms with Gasteiger partial charge < -0.3 is 9.32 Å². The van der Waals surface area contributed by atoms with Crippen LogP contribution in [0.5, 0.6) is 0 Å². The Morgan fingerprint density at radius 3 is 2.89 bits per heavy atom. The topological polar surface area (TPSA) is 33.5 Å². The number of amides is 1. The predicted octanol–water partition coefficient (Wildman–Crippen LogP) is 3.55. The first kappa shape index (κ1) is 12.5. The molecule has 1 aromatic rings. The molecule has 0 aromatic carbocycles. The molecular weight excluding hydrogens is 238 g/mol. The number of furan rings is 1. The first-order chi connectivity index (χ1) is 9.19. The van der Waals surface area contributed by atoms with Gasteiger partial charge in [-0.2, -0.15) is 0 Å². The molecule has 3 heteroatoms. The highest BCUT2D eigenvalue weighted by atomic mass is 16.3. The number of hydrogen-bond donors (Lipinski definition) is 0. The number of hydrogen-bond acceptors (Lipinski definition) is 2. The molecule has 3 nitrogen and oxygen atoms in total. The number of carbonyl (C=O) groups is 1. The zero-order valence-electron chi connectivity index (χ0n) is 11.5. The van der Waals surface area contributed by atoms with Crippen molar-refractivity contribution in [2.45, 2.75) is 39.0 Å². The maximum atomic E-state index is 12.5. The maximum absolute atomic E-state index is 12.5. The van der Waals surface area contributed by atoms with Gasteiger partial charge >= 0.3 is 0 Å². The summed E-state index contributed by atoms with van der Waals surface area (Å²) in [5, 5.41) is 0. The van der Waals surface area contributed by atoms with Crippen molar-refractivity contribution < 1.29 is 9.21 Å². The van der Waals surface area contributed by atoms with E-state index in [9.17, 15) is 4.79 Å². The third kappa shape index (κ3) is 2.46. The van der Waals surface area contributed by atoms with Crippen LogP contribution in [-0.2, 0) is 0 Å². The van der Waals surface area contributed by atoms with Gasteiger partial charge in [-0.15, -0.1) is 0 Å². The smallest absolute Gasteiger partial charge is 0.289 e.